The molecule has 0 aliphatic rings. The minimum atomic E-state index is -3.65. The molecule has 0 saturated carbocycles. The number of sulfonamides is 1. The predicted octanol–water partition coefficient (Wildman–Crippen LogP) is 6.38. The number of aromatic nitrogens is 1. The van der Waals surface area contributed by atoms with E-state index in [9.17, 15) is 8.42 Å². The number of rotatable bonds is 7. The van der Waals surface area contributed by atoms with E-state index >= 15 is 0 Å². The minimum absolute atomic E-state index is 0.243. The molecule has 3 aromatic carbocycles. The number of nitrogens with zero attached hydrogens (tertiary/aromatic N) is 1. The smallest absolute Gasteiger partial charge is 0.261 e. The van der Waals surface area contributed by atoms with Crippen molar-refractivity contribution in [3.8, 4) is 22.7 Å². The van der Waals surface area contributed by atoms with Crippen LogP contribution in [0, 0.1) is 13.8 Å². The molecule has 32 heavy (non-hydrogen) atoms. The van der Waals surface area contributed by atoms with Gasteiger partial charge in [-0.05, 0) is 67.8 Å². The lowest BCUT2D eigenvalue weighted by Gasteiger charge is -2.09. The summed E-state index contributed by atoms with van der Waals surface area (Å²) in [7, 11) is -3.65. The Labute approximate surface area is 189 Å². The maximum atomic E-state index is 12.7. The molecule has 0 atom stereocenters. The van der Waals surface area contributed by atoms with Crippen LogP contribution in [0.15, 0.2) is 82.3 Å². The van der Waals surface area contributed by atoms with Crippen molar-refractivity contribution in [3.63, 3.8) is 0 Å². The third-order valence-electron chi connectivity index (χ3n) is 5.32. The Hall–Kier alpha value is -3.38. The highest BCUT2D eigenvalue weighted by molar-refractivity contribution is 7.92. The number of nitrogens with one attached hydrogen (secondary N) is 1. The van der Waals surface area contributed by atoms with Gasteiger partial charge in [0.2, 0.25) is 5.89 Å². The van der Waals surface area contributed by atoms with Gasteiger partial charge in [0.1, 0.15) is 12.0 Å². The Morgan fingerprint density at radius 3 is 2.31 bits per heavy atom. The van der Waals surface area contributed by atoms with Crippen molar-refractivity contribution < 1.29 is 12.8 Å². The van der Waals surface area contributed by atoms with Crippen LogP contribution in [0.5, 0.6) is 0 Å². The van der Waals surface area contributed by atoms with Gasteiger partial charge in [0.05, 0.1) is 4.90 Å². The highest BCUT2D eigenvalue weighted by Crippen LogP contribution is 2.28. The number of hydrogen-bond donors (Lipinski definition) is 1. The van der Waals surface area contributed by atoms with Crippen molar-refractivity contribution in [2.24, 2.45) is 0 Å². The van der Waals surface area contributed by atoms with Crippen molar-refractivity contribution in [3.05, 3.63) is 89.7 Å². The van der Waals surface area contributed by atoms with E-state index < -0.39 is 10.0 Å². The normalized spacial score (nSPS) is 11.5. The van der Waals surface area contributed by atoms with Gasteiger partial charge in [-0.1, -0.05) is 49.2 Å². The number of anilines is 1. The molecular weight excluding hydrogens is 420 g/mol. The summed E-state index contributed by atoms with van der Waals surface area (Å²) in [6.45, 7) is 6.20. The van der Waals surface area contributed by atoms with Gasteiger partial charge in [-0.3, -0.25) is 4.72 Å². The molecule has 6 heteroatoms. The summed E-state index contributed by atoms with van der Waals surface area (Å²) in [5.41, 5.74) is 6.51. The van der Waals surface area contributed by atoms with Crippen LogP contribution in [0.2, 0.25) is 0 Å². The van der Waals surface area contributed by atoms with E-state index in [-0.39, 0.29) is 4.90 Å². The first-order valence-electron chi connectivity index (χ1n) is 10.6. The Morgan fingerprint density at radius 1 is 0.938 bits per heavy atom. The molecule has 0 fully saturated rings. The van der Waals surface area contributed by atoms with Gasteiger partial charge in [0.25, 0.3) is 10.0 Å². The van der Waals surface area contributed by atoms with Gasteiger partial charge in [0.15, 0.2) is 0 Å². The van der Waals surface area contributed by atoms with Crippen LogP contribution in [-0.2, 0) is 16.4 Å². The summed E-state index contributed by atoms with van der Waals surface area (Å²) in [6, 6.07) is 20.2. The standard InChI is InChI=1S/C26H26N2O3S/c1-4-5-20-7-13-23(14-8-20)32(29,30)28-22-11-9-21(10-12-22)26-27-25(17-31-26)24-15-6-18(2)16-19(24)3/h6-17,28H,4-5H2,1-3H3. The number of oxazole rings is 1. The van der Waals surface area contributed by atoms with Crippen molar-refractivity contribution in [2.75, 3.05) is 4.72 Å². The molecule has 164 valence electrons. The molecule has 0 aliphatic heterocycles. The molecule has 4 aromatic rings. The van der Waals surface area contributed by atoms with E-state index in [1.54, 1.807) is 42.7 Å². The monoisotopic (exact) mass is 446 g/mol. The molecule has 1 N–H and O–H groups in total. The minimum Gasteiger partial charge on any atom is -0.444 e. The largest absolute Gasteiger partial charge is 0.444 e. The average molecular weight is 447 g/mol. The van der Waals surface area contributed by atoms with E-state index in [4.69, 9.17) is 4.42 Å². The quantitative estimate of drug-likeness (QED) is 0.358. The first-order valence-corrected chi connectivity index (χ1v) is 12.1. The highest BCUT2D eigenvalue weighted by atomic mass is 32.2. The summed E-state index contributed by atoms with van der Waals surface area (Å²) in [4.78, 5) is 4.85. The third kappa shape index (κ3) is 4.75. The van der Waals surface area contributed by atoms with Gasteiger partial charge < -0.3 is 4.42 Å². The van der Waals surface area contributed by atoms with E-state index in [1.807, 2.05) is 18.2 Å². The lowest BCUT2D eigenvalue weighted by atomic mass is 10.0. The van der Waals surface area contributed by atoms with E-state index in [1.165, 1.54) is 5.56 Å². The zero-order chi connectivity index (χ0) is 22.7. The molecule has 0 amide bonds. The summed E-state index contributed by atoms with van der Waals surface area (Å²) < 4.78 is 33.7. The molecular formula is C26H26N2O3S. The first-order chi connectivity index (χ1) is 15.4. The highest BCUT2D eigenvalue weighted by Gasteiger charge is 2.15. The van der Waals surface area contributed by atoms with Crippen LogP contribution in [-0.4, -0.2) is 13.4 Å². The van der Waals surface area contributed by atoms with Gasteiger partial charge >= 0.3 is 0 Å². The zero-order valence-electron chi connectivity index (χ0n) is 18.4. The second kappa shape index (κ2) is 9.01. The van der Waals surface area contributed by atoms with Crippen LogP contribution in [0.3, 0.4) is 0 Å². The Kier molecular flexibility index (Phi) is 6.15. The fraction of sp³-hybridized carbons (Fsp3) is 0.192. The summed E-state index contributed by atoms with van der Waals surface area (Å²) in [5, 5.41) is 0. The van der Waals surface area contributed by atoms with E-state index in [2.05, 4.69) is 42.6 Å². The van der Waals surface area contributed by atoms with Crippen molar-refractivity contribution in [2.45, 2.75) is 38.5 Å². The second-order valence-corrected chi connectivity index (χ2v) is 9.62. The van der Waals surface area contributed by atoms with Crippen LogP contribution in [0.1, 0.15) is 30.0 Å². The molecule has 5 nitrogen and oxygen atoms in total. The number of hydrogen-bond acceptors (Lipinski definition) is 4. The first kappa shape index (κ1) is 21.8. The Bertz CT molecular complexity index is 1320. The molecule has 0 unspecified atom stereocenters. The van der Waals surface area contributed by atoms with Gasteiger partial charge in [-0.25, -0.2) is 13.4 Å². The van der Waals surface area contributed by atoms with Crippen LogP contribution in [0.25, 0.3) is 22.7 Å². The van der Waals surface area contributed by atoms with Gasteiger partial charge in [-0.2, -0.15) is 0 Å². The topological polar surface area (TPSA) is 72.2 Å². The Balaban J connectivity index is 1.50. The molecule has 0 saturated heterocycles. The van der Waals surface area contributed by atoms with E-state index in [0.29, 0.717) is 11.6 Å². The maximum absolute atomic E-state index is 12.7. The second-order valence-electron chi connectivity index (χ2n) is 7.93. The molecule has 0 spiro atoms. The number of benzene rings is 3. The van der Waals surface area contributed by atoms with Crippen LogP contribution < -0.4 is 4.72 Å². The fourth-order valence-electron chi connectivity index (χ4n) is 3.65. The lowest BCUT2D eigenvalue weighted by molar-refractivity contribution is 0.575. The fourth-order valence-corrected chi connectivity index (χ4v) is 4.71. The van der Waals surface area contributed by atoms with Crippen molar-refractivity contribution in [1.82, 2.24) is 4.98 Å². The van der Waals surface area contributed by atoms with Crippen LogP contribution in [0.4, 0.5) is 5.69 Å². The number of aryl methyl sites for hydroxylation is 3. The molecule has 1 aromatic heterocycles. The molecule has 0 bridgehead atoms. The SMILES string of the molecule is CCCc1ccc(S(=O)(=O)Nc2ccc(-c3nc(-c4ccc(C)cc4C)co3)cc2)cc1. The van der Waals surface area contributed by atoms with E-state index in [0.717, 1.165) is 40.8 Å². The van der Waals surface area contributed by atoms with Crippen molar-refractivity contribution in [1.29, 1.82) is 0 Å². The zero-order valence-corrected chi connectivity index (χ0v) is 19.2. The van der Waals surface area contributed by atoms with Gasteiger partial charge in [0, 0.05) is 16.8 Å². The lowest BCUT2D eigenvalue weighted by Crippen LogP contribution is -2.12. The predicted molar refractivity (Wildman–Crippen MR) is 128 cm³/mol. The molecule has 0 aliphatic carbocycles. The molecule has 4 rings (SSSR count). The average Bonchev–Trinajstić information content (AvgIpc) is 3.24. The summed E-state index contributed by atoms with van der Waals surface area (Å²) in [5.74, 6) is 0.487. The Morgan fingerprint density at radius 2 is 1.66 bits per heavy atom. The van der Waals surface area contributed by atoms with Gasteiger partial charge in [-0.15, -0.1) is 0 Å². The molecule has 0 radical (unpaired) electrons. The third-order valence-corrected chi connectivity index (χ3v) is 6.72. The van der Waals surface area contributed by atoms with Crippen LogP contribution >= 0.6 is 0 Å². The maximum Gasteiger partial charge on any atom is 0.261 e. The molecule has 1 heterocycles. The van der Waals surface area contributed by atoms with Crippen molar-refractivity contribution >= 4 is 15.7 Å². The summed E-state index contributed by atoms with van der Waals surface area (Å²) in [6.07, 6.45) is 3.60. The summed E-state index contributed by atoms with van der Waals surface area (Å²) >= 11 is 0.